The van der Waals surface area contributed by atoms with Crippen LogP contribution < -0.4 is 5.73 Å². The van der Waals surface area contributed by atoms with Crippen LogP contribution in [-0.2, 0) is 12.8 Å². The van der Waals surface area contributed by atoms with Gasteiger partial charge in [-0.05, 0) is 50.2 Å². The second-order valence-corrected chi connectivity index (χ2v) is 7.34. The third kappa shape index (κ3) is 2.74. The minimum Gasteiger partial charge on any atom is -0.393 e. The number of hydrogen-bond donors (Lipinski definition) is 1. The van der Waals surface area contributed by atoms with Crippen molar-refractivity contribution >= 4 is 34.5 Å². The van der Waals surface area contributed by atoms with Crippen LogP contribution in [0.25, 0.3) is 0 Å². The minimum atomic E-state index is 0.200. The number of amides is 1. The van der Waals surface area contributed by atoms with E-state index in [1.54, 1.807) is 11.3 Å². The molecule has 5 heteroatoms. The van der Waals surface area contributed by atoms with Crippen molar-refractivity contribution in [1.29, 1.82) is 0 Å². The van der Waals surface area contributed by atoms with Crippen LogP contribution in [-0.4, -0.2) is 28.9 Å². The molecule has 1 fully saturated rings. The maximum absolute atomic E-state index is 12.6. The van der Waals surface area contributed by atoms with Gasteiger partial charge in [0, 0.05) is 23.9 Å². The highest BCUT2D eigenvalue weighted by Crippen LogP contribution is 2.31. The Morgan fingerprint density at radius 1 is 1.30 bits per heavy atom. The Hall–Kier alpha value is -0.940. The van der Waals surface area contributed by atoms with Crippen molar-refractivity contribution in [3.8, 4) is 0 Å². The third-order valence-corrected chi connectivity index (χ3v) is 5.95. The monoisotopic (exact) mass is 308 g/mol. The summed E-state index contributed by atoms with van der Waals surface area (Å²) in [6.07, 6.45) is 6.63. The van der Waals surface area contributed by atoms with Crippen LogP contribution in [0, 0.1) is 5.92 Å². The molecule has 108 valence electrons. The zero-order valence-electron chi connectivity index (χ0n) is 11.6. The summed E-state index contributed by atoms with van der Waals surface area (Å²) in [6, 6.07) is 2.13. The molecule has 1 aliphatic carbocycles. The number of thiocarbonyl (C=S) groups is 1. The number of thiophene rings is 1. The Labute approximate surface area is 129 Å². The van der Waals surface area contributed by atoms with Crippen LogP contribution in [0.1, 0.15) is 45.8 Å². The van der Waals surface area contributed by atoms with E-state index in [2.05, 4.69) is 6.07 Å². The summed E-state index contributed by atoms with van der Waals surface area (Å²) in [5.41, 5.74) is 7.10. The van der Waals surface area contributed by atoms with Crippen molar-refractivity contribution in [2.24, 2.45) is 11.7 Å². The molecule has 0 bridgehead atoms. The molecule has 20 heavy (non-hydrogen) atoms. The molecule has 0 saturated carbocycles. The Morgan fingerprint density at radius 2 is 2.00 bits per heavy atom. The van der Waals surface area contributed by atoms with E-state index in [-0.39, 0.29) is 5.91 Å². The number of nitrogens with zero attached hydrogens (tertiary/aromatic N) is 1. The standard InChI is InChI=1S/C15H20N2OS2/c16-14(19)10-5-7-17(8-6-10)15(18)13-9-11-3-1-2-4-12(11)20-13/h9-10H,1-8H2,(H2,16,19). The van der Waals surface area contributed by atoms with Crippen LogP contribution in [0.4, 0.5) is 0 Å². The lowest BCUT2D eigenvalue weighted by molar-refractivity contribution is 0.0715. The lowest BCUT2D eigenvalue weighted by Crippen LogP contribution is -2.41. The van der Waals surface area contributed by atoms with Gasteiger partial charge in [0.1, 0.15) is 0 Å². The Balaban J connectivity index is 1.67. The second kappa shape index (κ2) is 5.82. The molecule has 0 radical (unpaired) electrons. The molecule has 2 heterocycles. The Kier molecular flexibility index (Phi) is 4.08. The highest BCUT2D eigenvalue weighted by atomic mass is 32.1. The quantitative estimate of drug-likeness (QED) is 0.855. The Bertz CT molecular complexity index is 506. The first-order valence-electron chi connectivity index (χ1n) is 7.35. The molecule has 0 unspecified atom stereocenters. The van der Waals surface area contributed by atoms with Gasteiger partial charge in [0.25, 0.3) is 5.91 Å². The molecular weight excluding hydrogens is 288 g/mol. The van der Waals surface area contributed by atoms with Gasteiger partial charge in [-0.25, -0.2) is 0 Å². The molecular formula is C15H20N2OS2. The third-order valence-electron chi connectivity index (χ3n) is 4.39. The van der Waals surface area contributed by atoms with Crippen molar-refractivity contribution in [2.75, 3.05) is 13.1 Å². The van der Waals surface area contributed by atoms with Crippen molar-refractivity contribution in [3.63, 3.8) is 0 Å². The zero-order chi connectivity index (χ0) is 14.1. The number of fused-ring (bicyclic) bond motifs is 1. The van der Waals surface area contributed by atoms with E-state index in [9.17, 15) is 4.79 Å². The summed E-state index contributed by atoms with van der Waals surface area (Å²) in [7, 11) is 0. The van der Waals surface area contributed by atoms with Gasteiger partial charge in [0.15, 0.2) is 0 Å². The van der Waals surface area contributed by atoms with Crippen molar-refractivity contribution in [3.05, 3.63) is 21.4 Å². The van der Waals surface area contributed by atoms with Gasteiger partial charge < -0.3 is 10.6 Å². The fourth-order valence-corrected chi connectivity index (χ4v) is 4.58. The van der Waals surface area contributed by atoms with Crippen molar-refractivity contribution in [1.82, 2.24) is 4.90 Å². The number of hydrogen-bond acceptors (Lipinski definition) is 3. The van der Waals surface area contributed by atoms with Crippen molar-refractivity contribution in [2.45, 2.75) is 38.5 Å². The number of carbonyl (C=O) groups is 1. The maximum atomic E-state index is 12.6. The average molecular weight is 308 g/mol. The molecule has 1 amide bonds. The number of carbonyl (C=O) groups excluding carboxylic acids is 1. The summed E-state index contributed by atoms with van der Waals surface area (Å²) < 4.78 is 0. The number of likely N-dealkylation sites (tertiary alicyclic amines) is 1. The van der Waals surface area contributed by atoms with E-state index >= 15 is 0 Å². The van der Waals surface area contributed by atoms with Crippen molar-refractivity contribution < 1.29 is 4.79 Å². The Morgan fingerprint density at radius 3 is 2.65 bits per heavy atom. The van der Waals surface area contributed by atoms with Crippen LogP contribution >= 0.6 is 23.6 Å². The molecule has 0 spiro atoms. The fraction of sp³-hybridized carbons (Fsp3) is 0.600. The lowest BCUT2D eigenvalue weighted by Gasteiger charge is -2.31. The lowest BCUT2D eigenvalue weighted by atomic mass is 9.96. The van der Waals surface area contributed by atoms with Gasteiger partial charge in [-0.1, -0.05) is 12.2 Å². The van der Waals surface area contributed by atoms with E-state index in [0.29, 0.717) is 10.9 Å². The molecule has 0 aromatic carbocycles. The van der Waals surface area contributed by atoms with Gasteiger partial charge in [-0.3, -0.25) is 4.79 Å². The number of nitrogens with two attached hydrogens (primary N) is 1. The van der Waals surface area contributed by atoms with Gasteiger partial charge >= 0.3 is 0 Å². The molecule has 2 aliphatic rings. The second-order valence-electron chi connectivity index (χ2n) is 5.74. The van der Waals surface area contributed by atoms with E-state index in [4.69, 9.17) is 18.0 Å². The first kappa shape index (κ1) is 14.0. The van der Waals surface area contributed by atoms with Gasteiger partial charge in [0.05, 0.1) is 9.87 Å². The topological polar surface area (TPSA) is 46.3 Å². The number of aryl methyl sites for hydroxylation is 2. The largest absolute Gasteiger partial charge is 0.393 e. The molecule has 1 saturated heterocycles. The minimum absolute atomic E-state index is 0.200. The van der Waals surface area contributed by atoms with E-state index in [1.807, 2.05) is 4.90 Å². The fourth-order valence-electron chi connectivity index (χ4n) is 3.12. The molecule has 0 atom stereocenters. The number of rotatable bonds is 2. The molecule has 1 aliphatic heterocycles. The van der Waals surface area contributed by atoms with Gasteiger partial charge in [0.2, 0.25) is 0 Å². The predicted molar refractivity (Wildman–Crippen MR) is 86.4 cm³/mol. The van der Waals surface area contributed by atoms with Crippen LogP contribution in [0.2, 0.25) is 0 Å². The van der Waals surface area contributed by atoms with E-state index < -0.39 is 0 Å². The zero-order valence-corrected chi connectivity index (χ0v) is 13.2. The summed E-state index contributed by atoms with van der Waals surface area (Å²) in [5.74, 6) is 0.511. The summed E-state index contributed by atoms with van der Waals surface area (Å²) in [5, 5.41) is 0. The maximum Gasteiger partial charge on any atom is 0.263 e. The van der Waals surface area contributed by atoms with E-state index in [1.165, 1.54) is 23.3 Å². The molecule has 3 rings (SSSR count). The van der Waals surface area contributed by atoms with Crippen LogP contribution in [0.5, 0.6) is 0 Å². The van der Waals surface area contributed by atoms with E-state index in [0.717, 1.165) is 43.6 Å². The highest BCUT2D eigenvalue weighted by Gasteiger charge is 2.26. The molecule has 1 aromatic rings. The molecule has 2 N–H and O–H groups in total. The smallest absolute Gasteiger partial charge is 0.263 e. The summed E-state index contributed by atoms with van der Waals surface area (Å²) >= 11 is 6.75. The summed E-state index contributed by atoms with van der Waals surface area (Å²) in [6.45, 7) is 1.56. The molecule has 1 aromatic heterocycles. The SMILES string of the molecule is NC(=S)C1CCN(C(=O)c2cc3c(s2)CCCC3)CC1. The summed E-state index contributed by atoms with van der Waals surface area (Å²) in [4.78, 5) is 17.5. The van der Waals surface area contributed by atoms with Gasteiger partial charge in [-0.15, -0.1) is 11.3 Å². The van der Waals surface area contributed by atoms with Crippen LogP contribution in [0.15, 0.2) is 6.07 Å². The first-order valence-corrected chi connectivity index (χ1v) is 8.58. The normalized spacial score (nSPS) is 19.7. The average Bonchev–Trinajstić information content (AvgIpc) is 2.90. The predicted octanol–water partition coefficient (Wildman–Crippen LogP) is 2.77. The molecule has 3 nitrogen and oxygen atoms in total. The van der Waals surface area contributed by atoms with Gasteiger partial charge in [-0.2, -0.15) is 0 Å². The van der Waals surface area contributed by atoms with Crippen LogP contribution in [0.3, 0.4) is 0 Å². The number of piperidine rings is 1. The highest BCUT2D eigenvalue weighted by molar-refractivity contribution is 7.80. The first-order chi connectivity index (χ1) is 9.65.